The van der Waals surface area contributed by atoms with Crippen LogP contribution >= 0.6 is 0 Å². The zero-order valence-electron chi connectivity index (χ0n) is 24.7. The Morgan fingerprint density at radius 1 is 1.10 bits per heavy atom. The number of carbonyl (C=O) groups excluding carboxylic acids is 2. The lowest BCUT2D eigenvalue weighted by Crippen LogP contribution is -2.49. The molecule has 42 heavy (non-hydrogen) atoms. The number of hydrogen-bond acceptors (Lipinski definition) is 5. The minimum atomic E-state index is -4.45. The molecule has 1 amide bonds. The molecule has 1 unspecified atom stereocenters. The van der Waals surface area contributed by atoms with Crippen LogP contribution in [0.25, 0.3) is 0 Å². The van der Waals surface area contributed by atoms with Gasteiger partial charge in [0.1, 0.15) is 5.75 Å². The third kappa shape index (κ3) is 6.17. The molecule has 1 saturated carbocycles. The molecule has 2 fully saturated rings. The van der Waals surface area contributed by atoms with Crippen molar-refractivity contribution in [2.45, 2.75) is 84.0 Å². The smallest absolute Gasteiger partial charge is 0.416 e. The molecule has 6 nitrogen and oxygen atoms in total. The second-order valence-electron chi connectivity index (χ2n) is 12.3. The highest BCUT2D eigenvalue weighted by Gasteiger charge is 2.51. The van der Waals surface area contributed by atoms with E-state index in [0.717, 1.165) is 63.7 Å². The molecule has 2 aliphatic heterocycles. The van der Waals surface area contributed by atoms with Crippen LogP contribution in [0.5, 0.6) is 5.75 Å². The van der Waals surface area contributed by atoms with Crippen molar-refractivity contribution in [2.24, 2.45) is 11.3 Å². The van der Waals surface area contributed by atoms with Crippen molar-refractivity contribution in [3.63, 3.8) is 0 Å². The Labute approximate surface area is 246 Å². The van der Waals surface area contributed by atoms with Crippen LogP contribution in [0.1, 0.15) is 92.3 Å². The Hall–Kier alpha value is -3.07. The Kier molecular flexibility index (Phi) is 8.88. The number of alkyl halides is 3. The molecule has 0 bridgehead atoms. The van der Waals surface area contributed by atoms with Gasteiger partial charge in [-0.2, -0.15) is 13.2 Å². The topological polar surface area (TPSA) is 59.1 Å². The monoisotopic (exact) mass is 586 g/mol. The van der Waals surface area contributed by atoms with Gasteiger partial charge in [-0.25, -0.2) is 4.79 Å². The third-order valence-corrected chi connectivity index (χ3v) is 9.62. The molecule has 0 N–H and O–H groups in total. The van der Waals surface area contributed by atoms with Gasteiger partial charge in [0.05, 0.1) is 29.7 Å². The number of amides is 1. The second kappa shape index (κ2) is 12.3. The number of benzene rings is 2. The summed E-state index contributed by atoms with van der Waals surface area (Å²) in [6.45, 7) is 8.35. The standard InChI is InChI=1S/C33H41F3N2O4/c1-4-41-30(39)25-8-5-7-24(17-25)23-9-6-15-37(16-13-23)28-12-14-32(19-28,22(2)3)31(40)38-20-26-18-27(33(34,35)36)10-11-29(26)42-21-38/h5,7-8,10-11,17-18,22-23,28H,4,6,9,12-16,19-21H2,1-3H3/t23?,28-,32+/m1/s1. The zero-order chi connectivity index (χ0) is 30.1. The summed E-state index contributed by atoms with van der Waals surface area (Å²) in [6, 6.07) is 11.5. The highest BCUT2D eigenvalue weighted by molar-refractivity contribution is 5.89. The molecule has 0 radical (unpaired) electrons. The van der Waals surface area contributed by atoms with Crippen molar-refractivity contribution < 1.29 is 32.2 Å². The summed E-state index contributed by atoms with van der Waals surface area (Å²) in [6.07, 6.45) is 0.995. The SMILES string of the molecule is CCOC(=O)c1cccc(C2CCCN([C@@H]3CC[C@@](C(=O)N4COc5ccc(C(F)(F)F)cc5C4)(C(C)C)C3)CC2)c1. The van der Waals surface area contributed by atoms with Crippen molar-refractivity contribution in [1.29, 1.82) is 0 Å². The largest absolute Gasteiger partial charge is 0.473 e. The molecule has 1 aliphatic carbocycles. The van der Waals surface area contributed by atoms with E-state index in [9.17, 15) is 22.8 Å². The van der Waals surface area contributed by atoms with Gasteiger partial charge < -0.3 is 19.3 Å². The molecule has 5 rings (SSSR count). The molecule has 1 saturated heterocycles. The van der Waals surface area contributed by atoms with Crippen LogP contribution in [0, 0.1) is 11.3 Å². The van der Waals surface area contributed by atoms with Gasteiger partial charge in [0.25, 0.3) is 0 Å². The predicted molar refractivity (Wildman–Crippen MR) is 153 cm³/mol. The highest BCUT2D eigenvalue weighted by atomic mass is 19.4. The first-order valence-corrected chi connectivity index (χ1v) is 15.1. The van der Waals surface area contributed by atoms with Crippen molar-refractivity contribution in [3.05, 3.63) is 64.7 Å². The van der Waals surface area contributed by atoms with Crippen LogP contribution in [-0.2, 0) is 22.3 Å². The van der Waals surface area contributed by atoms with Crippen LogP contribution < -0.4 is 4.74 Å². The van der Waals surface area contributed by atoms with Crippen LogP contribution in [0.15, 0.2) is 42.5 Å². The van der Waals surface area contributed by atoms with Crippen LogP contribution in [0.4, 0.5) is 13.2 Å². The zero-order valence-corrected chi connectivity index (χ0v) is 24.7. The van der Waals surface area contributed by atoms with E-state index in [1.165, 1.54) is 11.6 Å². The van der Waals surface area contributed by atoms with E-state index in [4.69, 9.17) is 9.47 Å². The van der Waals surface area contributed by atoms with Gasteiger partial charge in [-0.15, -0.1) is 0 Å². The van der Waals surface area contributed by atoms with Crippen molar-refractivity contribution in [2.75, 3.05) is 26.4 Å². The molecule has 3 aliphatic rings. The summed E-state index contributed by atoms with van der Waals surface area (Å²) in [7, 11) is 0. The molecular formula is C33H41F3N2O4. The van der Waals surface area contributed by atoms with Gasteiger partial charge in [-0.1, -0.05) is 26.0 Å². The molecule has 3 atom stereocenters. The van der Waals surface area contributed by atoms with Crippen molar-refractivity contribution in [1.82, 2.24) is 9.80 Å². The molecule has 228 valence electrons. The van der Waals surface area contributed by atoms with Crippen molar-refractivity contribution >= 4 is 11.9 Å². The van der Waals surface area contributed by atoms with Gasteiger partial charge in [0.2, 0.25) is 5.91 Å². The molecule has 2 aromatic rings. The second-order valence-corrected chi connectivity index (χ2v) is 12.3. The van der Waals surface area contributed by atoms with E-state index >= 15 is 0 Å². The quantitative estimate of drug-likeness (QED) is 0.341. The van der Waals surface area contributed by atoms with E-state index in [-0.39, 0.29) is 37.1 Å². The fourth-order valence-electron chi connectivity index (χ4n) is 7.14. The van der Waals surface area contributed by atoms with Crippen LogP contribution in [0.2, 0.25) is 0 Å². The van der Waals surface area contributed by atoms with E-state index < -0.39 is 17.2 Å². The number of rotatable bonds is 6. The minimum Gasteiger partial charge on any atom is -0.473 e. The van der Waals surface area contributed by atoms with Gasteiger partial charge in [0.15, 0.2) is 6.73 Å². The molecule has 2 aromatic carbocycles. The highest BCUT2D eigenvalue weighted by Crippen LogP contribution is 2.49. The van der Waals surface area contributed by atoms with Crippen LogP contribution in [0.3, 0.4) is 0 Å². The Morgan fingerprint density at radius 2 is 1.90 bits per heavy atom. The molecule has 0 aromatic heterocycles. The summed E-state index contributed by atoms with van der Waals surface area (Å²) in [5.41, 5.74) is 0.839. The van der Waals surface area contributed by atoms with E-state index in [1.54, 1.807) is 17.9 Å². The Balaban J connectivity index is 1.26. The fraction of sp³-hybridized carbons (Fsp3) is 0.576. The summed E-state index contributed by atoms with van der Waals surface area (Å²) >= 11 is 0. The lowest BCUT2D eigenvalue weighted by Gasteiger charge is -2.40. The molecule has 9 heteroatoms. The molecular weight excluding hydrogens is 545 g/mol. The van der Waals surface area contributed by atoms with Crippen molar-refractivity contribution in [3.8, 4) is 5.75 Å². The maximum absolute atomic E-state index is 14.1. The normalized spacial score (nSPS) is 25.1. The minimum absolute atomic E-state index is 0.0217. The number of nitrogens with zero attached hydrogens (tertiary/aromatic N) is 2. The fourth-order valence-corrected chi connectivity index (χ4v) is 7.14. The Bertz CT molecular complexity index is 1300. The number of ether oxygens (including phenoxy) is 2. The number of carbonyl (C=O) groups is 2. The summed E-state index contributed by atoms with van der Waals surface area (Å²) in [4.78, 5) is 30.5. The number of esters is 1. The van der Waals surface area contributed by atoms with Crippen LogP contribution in [-0.4, -0.2) is 54.1 Å². The average molecular weight is 587 g/mol. The first-order chi connectivity index (χ1) is 20.0. The average Bonchev–Trinajstić information content (AvgIpc) is 3.29. The van der Waals surface area contributed by atoms with Gasteiger partial charge in [-0.3, -0.25) is 4.79 Å². The lowest BCUT2D eigenvalue weighted by atomic mass is 9.74. The maximum Gasteiger partial charge on any atom is 0.416 e. The first kappa shape index (κ1) is 30.4. The maximum atomic E-state index is 14.1. The first-order valence-electron chi connectivity index (χ1n) is 15.1. The summed E-state index contributed by atoms with van der Waals surface area (Å²) < 4.78 is 50.9. The van der Waals surface area contributed by atoms with E-state index in [1.807, 2.05) is 12.1 Å². The number of fused-ring (bicyclic) bond motifs is 1. The van der Waals surface area contributed by atoms with Gasteiger partial charge in [0, 0.05) is 11.6 Å². The van der Waals surface area contributed by atoms with E-state index in [2.05, 4.69) is 24.8 Å². The van der Waals surface area contributed by atoms with E-state index in [0.29, 0.717) is 29.4 Å². The number of halogens is 3. The Morgan fingerprint density at radius 3 is 2.64 bits per heavy atom. The molecule has 0 spiro atoms. The summed E-state index contributed by atoms with van der Waals surface area (Å²) in [5, 5.41) is 0. The predicted octanol–water partition coefficient (Wildman–Crippen LogP) is 7.03. The van der Waals surface area contributed by atoms with Gasteiger partial charge >= 0.3 is 12.1 Å². The van der Waals surface area contributed by atoms with Gasteiger partial charge in [-0.05, 0) is 106 Å². The third-order valence-electron chi connectivity index (χ3n) is 9.62. The molecule has 2 heterocycles. The number of hydrogen-bond donors (Lipinski definition) is 0. The summed E-state index contributed by atoms with van der Waals surface area (Å²) in [5.74, 6) is 0.532. The lowest BCUT2D eigenvalue weighted by molar-refractivity contribution is -0.150. The number of likely N-dealkylation sites (tertiary alicyclic amines) is 1.